The summed E-state index contributed by atoms with van der Waals surface area (Å²) in [7, 11) is 0. The molecule has 1 atom stereocenters. The van der Waals surface area contributed by atoms with Crippen molar-refractivity contribution in [1.29, 1.82) is 0 Å². The van der Waals surface area contributed by atoms with E-state index in [1.807, 2.05) is 6.92 Å². The molecule has 1 aliphatic heterocycles. The molecule has 1 aromatic rings. The predicted octanol–water partition coefficient (Wildman–Crippen LogP) is 2.70. The number of nitrogens with zero attached hydrogens (tertiary/aromatic N) is 1. The second kappa shape index (κ2) is 5.96. The molecule has 1 unspecified atom stereocenters. The van der Waals surface area contributed by atoms with Crippen molar-refractivity contribution in [2.75, 3.05) is 26.3 Å². The summed E-state index contributed by atoms with van der Waals surface area (Å²) in [6, 6.07) is 3.49. The van der Waals surface area contributed by atoms with E-state index in [0.29, 0.717) is 10.9 Å². The van der Waals surface area contributed by atoms with Crippen LogP contribution < -0.4 is 0 Å². The smallest absolute Gasteiger partial charge is 0.189 e. The number of hydrogen-bond donors (Lipinski definition) is 0. The van der Waals surface area contributed by atoms with E-state index in [-0.39, 0.29) is 11.8 Å². The molecule has 2 heterocycles. The van der Waals surface area contributed by atoms with Crippen LogP contribution in [0, 0.1) is 0 Å². The lowest BCUT2D eigenvalue weighted by atomic mass is 10.1. The Morgan fingerprint density at radius 1 is 1.47 bits per heavy atom. The molecular weight excluding hydrogens is 258 g/mol. The SMILES string of the molecule is CC(C(=O)c1ccc(Cl)s1)N1CCCOCC1. The number of carbonyl (C=O) groups excluding carboxylic acids is 1. The summed E-state index contributed by atoms with van der Waals surface area (Å²) in [4.78, 5) is 15.2. The van der Waals surface area contributed by atoms with Crippen molar-refractivity contribution < 1.29 is 9.53 Å². The van der Waals surface area contributed by atoms with E-state index >= 15 is 0 Å². The topological polar surface area (TPSA) is 29.5 Å². The van der Waals surface area contributed by atoms with Crippen molar-refractivity contribution >= 4 is 28.7 Å². The van der Waals surface area contributed by atoms with Crippen LogP contribution in [0.1, 0.15) is 23.0 Å². The number of halogens is 1. The van der Waals surface area contributed by atoms with Crippen LogP contribution in [0.25, 0.3) is 0 Å². The molecule has 2 rings (SSSR count). The third-order valence-corrected chi connectivity index (χ3v) is 4.25. The Balaban J connectivity index is 2.03. The molecule has 1 aliphatic rings. The molecule has 3 nitrogen and oxygen atoms in total. The maximum absolute atomic E-state index is 12.2. The molecule has 1 aromatic heterocycles. The van der Waals surface area contributed by atoms with Gasteiger partial charge in [-0.05, 0) is 25.5 Å². The highest BCUT2D eigenvalue weighted by Gasteiger charge is 2.24. The van der Waals surface area contributed by atoms with Gasteiger partial charge in [-0.25, -0.2) is 0 Å². The average molecular weight is 274 g/mol. The molecule has 0 saturated carbocycles. The Kier molecular flexibility index (Phi) is 4.56. The van der Waals surface area contributed by atoms with Crippen molar-refractivity contribution in [1.82, 2.24) is 4.90 Å². The van der Waals surface area contributed by atoms with Gasteiger partial charge < -0.3 is 4.74 Å². The maximum Gasteiger partial charge on any atom is 0.189 e. The maximum atomic E-state index is 12.2. The second-order valence-electron chi connectivity index (χ2n) is 4.15. The standard InChI is InChI=1S/C12H16ClNO2S/c1-9(14-5-2-7-16-8-6-14)12(15)10-3-4-11(13)17-10/h3-4,9H,2,5-8H2,1H3. The zero-order valence-corrected chi connectivity index (χ0v) is 11.4. The summed E-state index contributed by atoms with van der Waals surface area (Å²) in [5.41, 5.74) is 0. The van der Waals surface area contributed by atoms with Crippen molar-refractivity contribution in [3.63, 3.8) is 0 Å². The highest BCUT2D eigenvalue weighted by molar-refractivity contribution is 7.18. The average Bonchev–Trinajstić information content (AvgIpc) is 2.60. The number of ketones is 1. The fourth-order valence-electron chi connectivity index (χ4n) is 1.97. The first-order valence-electron chi connectivity index (χ1n) is 5.80. The zero-order valence-electron chi connectivity index (χ0n) is 9.82. The molecule has 0 bridgehead atoms. The van der Waals surface area contributed by atoms with Crippen molar-refractivity contribution in [3.05, 3.63) is 21.3 Å². The van der Waals surface area contributed by atoms with E-state index in [1.54, 1.807) is 12.1 Å². The number of carbonyl (C=O) groups is 1. The lowest BCUT2D eigenvalue weighted by Gasteiger charge is -2.25. The Labute approximate surface area is 110 Å². The Morgan fingerprint density at radius 2 is 2.29 bits per heavy atom. The van der Waals surface area contributed by atoms with Crippen LogP contribution >= 0.6 is 22.9 Å². The van der Waals surface area contributed by atoms with E-state index in [2.05, 4.69) is 4.90 Å². The van der Waals surface area contributed by atoms with Crippen LogP contribution in [0.15, 0.2) is 12.1 Å². The van der Waals surface area contributed by atoms with Gasteiger partial charge in [-0.2, -0.15) is 0 Å². The number of Topliss-reactive ketones (excluding diaryl/α,β-unsaturated/α-hetero) is 1. The highest BCUT2D eigenvalue weighted by atomic mass is 35.5. The van der Waals surface area contributed by atoms with Gasteiger partial charge in [0.15, 0.2) is 5.78 Å². The first-order chi connectivity index (χ1) is 8.18. The van der Waals surface area contributed by atoms with E-state index < -0.39 is 0 Å². The molecule has 0 N–H and O–H groups in total. The predicted molar refractivity (Wildman–Crippen MR) is 70.1 cm³/mol. The van der Waals surface area contributed by atoms with E-state index in [0.717, 1.165) is 31.0 Å². The molecule has 94 valence electrons. The lowest BCUT2D eigenvalue weighted by Crippen LogP contribution is -2.40. The number of hydrogen-bond acceptors (Lipinski definition) is 4. The minimum Gasteiger partial charge on any atom is -0.380 e. The largest absolute Gasteiger partial charge is 0.380 e. The molecule has 5 heteroatoms. The summed E-state index contributed by atoms with van der Waals surface area (Å²) in [6.45, 7) is 5.21. The van der Waals surface area contributed by atoms with E-state index in [1.165, 1.54) is 11.3 Å². The highest BCUT2D eigenvalue weighted by Crippen LogP contribution is 2.23. The van der Waals surface area contributed by atoms with Crippen LogP contribution in [-0.2, 0) is 4.74 Å². The molecule has 1 fully saturated rings. The number of ether oxygens (including phenoxy) is 1. The van der Waals surface area contributed by atoms with Crippen LogP contribution in [0.2, 0.25) is 4.34 Å². The first kappa shape index (κ1) is 13.0. The lowest BCUT2D eigenvalue weighted by molar-refractivity contribution is 0.0828. The normalized spacial score (nSPS) is 19.9. The quantitative estimate of drug-likeness (QED) is 0.793. The second-order valence-corrected chi connectivity index (χ2v) is 5.86. The Hall–Kier alpha value is -0.420. The Morgan fingerprint density at radius 3 is 3.00 bits per heavy atom. The Bertz CT molecular complexity index is 386. The summed E-state index contributed by atoms with van der Waals surface area (Å²) in [5, 5.41) is 0. The number of rotatable bonds is 3. The van der Waals surface area contributed by atoms with Crippen LogP contribution in [0.4, 0.5) is 0 Å². The summed E-state index contributed by atoms with van der Waals surface area (Å²) in [5.74, 6) is 0.156. The molecule has 0 aromatic carbocycles. The van der Waals surface area contributed by atoms with E-state index in [9.17, 15) is 4.79 Å². The van der Waals surface area contributed by atoms with Gasteiger partial charge in [0.2, 0.25) is 0 Å². The van der Waals surface area contributed by atoms with Gasteiger partial charge in [-0.3, -0.25) is 9.69 Å². The fourth-order valence-corrected chi connectivity index (χ4v) is 3.04. The molecule has 0 radical (unpaired) electrons. The van der Waals surface area contributed by atoms with Gasteiger partial charge in [-0.15, -0.1) is 11.3 Å². The minimum absolute atomic E-state index is 0.0913. The summed E-state index contributed by atoms with van der Waals surface area (Å²) < 4.78 is 6.06. The van der Waals surface area contributed by atoms with Crippen LogP contribution in [0.5, 0.6) is 0 Å². The molecule has 0 spiro atoms. The summed E-state index contributed by atoms with van der Waals surface area (Å²) in [6.07, 6.45) is 0.989. The van der Waals surface area contributed by atoms with Crippen LogP contribution in [-0.4, -0.2) is 43.0 Å². The van der Waals surface area contributed by atoms with Crippen LogP contribution in [0.3, 0.4) is 0 Å². The van der Waals surface area contributed by atoms with E-state index in [4.69, 9.17) is 16.3 Å². The van der Waals surface area contributed by atoms with Gasteiger partial charge in [0.25, 0.3) is 0 Å². The number of thiophene rings is 1. The van der Waals surface area contributed by atoms with Gasteiger partial charge in [-0.1, -0.05) is 11.6 Å². The van der Waals surface area contributed by atoms with Gasteiger partial charge >= 0.3 is 0 Å². The fraction of sp³-hybridized carbons (Fsp3) is 0.583. The van der Waals surface area contributed by atoms with Crippen molar-refractivity contribution in [2.45, 2.75) is 19.4 Å². The molecular formula is C12H16ClNO2S. The van der Waals surface area contributed by atoms with Crippen molar-refractivity contribution in [2.24, 2.45) is 0 Å². The van der Waals surface area contributed by atoms with Crippen molar-refractivity contribution in [3.8, 4) is 0 Å². The molecule has 17 heavy (non-hydrogen) atoms. The minimum atomic E-state index is -0.0913. The third kappa shape index (κ3) is 3.28. The monoisotopic (exact) mass is 273 g/mol. The van der Waals surface area contributed by atoms with Gasteiger partial charge in [0, 0.05) is 19.7 Å². The zero-order chi connectivity index (χ0) is 12.3. The van der Waals surface area contributed by atoms with Gasteiger partial charge in [0.1, 0.15) is 0 Å². The summed E-state index contributed by atoms with van der Waals surface area (Å²) >= 11 is 7.21. The molecule has 1 saturated heterocycles. The van der Waals surface area contributed by atoms with Gasteiger partial charge in [0.05, 0.1) is 21.9 Å². The molecule has 0 aliphatic carbocycles. The first-order valence-corrected chi connectivity index (χ1v) is 6.99. The third-order valence-electron chi connectivity index (χ3n) is 3.00. The molecule has 0 amide bonds.